The van der Waals surface area contributed by atoms with Crippen molar-refractivity contribution in [2.24, 2.45) is 0 Å². The van der Waals surface area contributed by atoms with Gasteiger partial charge in [0.1, 0.15) is 0 Å². The van der Waals surface area contributed by atoms with Crippen molar-refractivity contribution in [3.63, 3.8) is 0 Å². The van der Waals surface area contributed by atoms with E-state index in [4.69, 9.17) is 0 Å². The lowest BCUT2D eigenvalue weighted by molar-refractivity contribution is -0.582. The number of pyridine rings is 1. The average molecular weight is 148 g/mol. The zero-order valence-corrected chi connectivity index (χ0v) is 7.33. The van der Waals surface area contributed by atoms with Gasteiger partial charge in [0.15, 0.2) is 18.1 Å². The predicted octanol–water partition coefficient (Wildman–Crippen LogP) is 2.24. The average Bonchev–Trinajstić information content (AvgIpc) is 2.05. The molecule has 0 saturated carbocycles. The molecule has 0 aliphatic rings. The SMILES string of the molecule is CC(C)=C(C)[n+]1ccccc1. The first-order chi connectivity index (χ1) is 5.22. The molecule has 0 aliphatic heterocycles. The quantitative estimate of drug-likeness (QED) is 0.538. The molecule has 0 aromatic carbocycles. The molecule has 1 aromatic rings. The maximum absolute atomic E-state index is 2.12. The standard InChI is InChI=1S/C10H14N/c1-9(2)10(3)11-7-5-4-6-8-11/h4-8H,1-3H3/q+1. The van der Waals surface area contributed by atoms with E-state index >= 15 is 0 Å². The third-order valence-electron chi connectivity index (χ3n) is 1.83. The molecule has 0 amide bonds. The molecular weight excluding hydrogens is 134 g/mol. The third kappa shape index (κ3) is 1.90. The summed E-state index contributed by atoms with van der Waals surface area (Å²) in [6.45, 7) is 6.36. The molecule has 1 rings (SSSR count). The molecule has 0 N–H and O–H groups in total. The maximum Gasteiger partial charge on any atom is 0.182 e. The fourth-order valence-corrected chi connectivity index (χ4v) is 0.880. The summed E-state index contributed by atoms with van der Waals surface area (Å²) in [5, 5.41) is 0. The second-order valence-electron chi connectivity index (χ2n) is 2.87. The van der Waals surface area contributed by atoms with E-state index in [0.717, 1.165) is 0 Å². The van der Waals surface area contributed by atoms with Crippen LogP contribution < -0.4 is 4.57 Å². The highest BCUT2D eigenvalue weighted by atomic mass is 14.9. The third-order valence-corrected chi connectivity index (χ3v) is 1.83. The molecule has 11 heavy (non-hydrogen) atoms. The van der Waals surface area contributed by atoms with Crippen LogP contribution in [0.2, 0.25) is 0 Å². The summed E-state index contributed by atoms with van der Waals surface area (Å²) in [6, 6.07) is 6.09. The van der Waals surface area contributed by atoms with Gasteiger partial charge in [0.25, 0.3) is 0 Å². The first-order valence-electron chi connectivity index (χ1n) is 3.82. The Morgan fingerprint density at radius 3 is 1.91 bits per heavy atom. The summed E-state index contributed by atoms with van der Waals surface area (Å²) < 4.78 is 2.12. The first-order valence-corrected chi connectivity index (χ1v) is 3.82. The van der Waals surface area contributed by atoms with Crippen LogP contribution in [0.3, 0.4) is 0 Å². The monoisotopic (exact) mass is 148 g/mol. The van der Waals surface area contributed by atoms with E-state index in [-0.39, 0.29) is 0 Å². The van der Waals surface area contributed by atoms with Crippen LogP contribution >= 0.6 is 0 Å². The fourth-order valence-electron chi connectivity index (χ4n) is 0.880. The Hall–Kier alpha value is -1.11. The van der Waals surface area contributed by atoms with Gasteiger partial charge < -0.3 is 0 Å². The predicted molar refractivity (Wildman–Crippen MR) is 46.9 cm³/mol. The Kier molecular flexibility index (Phi) is 2.42. The summed E-state index contributed by atoms with van der Waals surface area (Å²) in [5.41, 5.74) is 2.65. The Balaban J connectivity index is 3.04. The van der Waals surface area contributed by atoms with Gasteiger partial charge in [0, 0.05) is 19.1 Å². The van der Waals surface area contributed by atoms with Gasteiger partial charge in [-0.05, 0) is 19.4 Å². The molecule has 0 unspecified atom stereocenters. The molecule has 0 radical (unpaired) electrons. The number of hydrogen-bond acceptors (Lipinski definition) is 0. The Morgan fingerprint density at radius 1 is 0.909 bits per heavy atom. The summed E-state index contributed by atoms with van der Waals surface area (Å²) in [5.74, 6) is 0. The van der Waals surface area contributed by atoms with Crippen molar-refractivity contribution in [3.8, 4) is 0 Å². The largest absolute Gasteiger partial charge is 0.182 e. The van der Waals surface area contributed by atoms with Crippen molar-refractivity contribution < 1.29 is 4.57 Å². The van der Waals surface area contributed by atoms with Crippen molar-refractivity contribution in [2.45, 2.75) is 20.8 Å². The van der Waals surface area contributed by atoms with E-state index in [2.05, 4.69) is 37.7 Å². The van der Waals surface area contributed by atoms with Crippen LogP contribution in [0, 0.1) is 0 Å². The van der Waals surface area contributed by atoms with E-state index in [9.17, 15) is 0 Å². The zero-order valence-electron chi connectivity index (χ0n) is 7.33. The molecule has 0 atom stereocenters. The van der Waals surface area contributed by atoms with Gasteiger partial charge in [-0.3, -0.25) is 0 Å². The molecule has 0 spiro atoms. The minimum Gasteiger partial charge on any atom is -0.171 e. The summed E-state index contributed by atoms with van der Waals surface area (Å²) in [4.78, 5) is 0. The molecule has 1 nitrogen and oxygen atoms in total. The van der Waals surface area contributed by atoms with Crippen molar-refractivity contribution in [3.05, 3.63) is 36.2 Å². The summed E-state index contributed by atoms with van der Waals surface area (Å²) in [6.07, 6.45) is 4.12. The van der Waals surface area contributed by atoms with Gasteiger partial charge in [-0.15, -0.1) is 0 Å². The molecule has 1 heterocycles. The smallest absolute Gasteiger partial charge is 0.171 e. The minimum absolute atomic E-state index is 1.30. The summed E-state index contributed by atoms with van der Waals surface area (Å²) >= 11 is 0. The Bertz CT molecular complexity index is 255. The topological polar surface area (TPSA) is 3.88 Å². The van der Waals surface area contributed by atoms with Gasteiger partial charge in [-0.1, -0.05) is 6.07 Å². The second kappa shape index (κ2) is 3.33. The van der Waals surface area contributed by atoms with E-state index < -0.39 is 0 Å². The van der Waals surface area contributed by atoms with Crippen LogP contribution in [0.1, 0.15) is 20.8 Å². The lowest BCUT2D eigenvalue weighted by Crippen LogP contribution is -2.29. The maximum atomic E-state index is 2.12. The molecule has 58 valence electrons. The van der Waals surface area contributed by atoms with Gasteiger partial charge >= 0.3 is 0 Å². The van der Waals surface area contributed by atoms with E-state index in [1.807, 2.05) is 18.2 Å². The number of rotatable bonds is 1. The highest BCUT2D eigenvalue weighted by Gasteiger charge is 2.01. The zero-order chi connectivity index (χ0) is 8.27. The fraction of sp³-hybridized carbons (Fsp3) is 0.300. The van der Waals surface area contributed by atoms with E-state index in [0.29, 0.717) is 0 Å². The highest BCUT2D eigenvalue weighted by molar-refractivity contribution is 5.34. The van der Waals surface area contributed by atoms with Crippen LogP contribution in [-0.2, 0) is 0 Å². The molecule has 1 heteroatoms. The molecule has 0 aliphatic carbocycles. The van der Waals surface area contributed by atoms with Crippen LogP contribution in [-0.4, -0.2) is 0 Å². The number of hydrogen-bond donors (Lipinski definition) is 0. The Morgan fingerprint density at radius 2 is 1.45 bits per heavy atom. The van der Waals surface area contributed by atoms with Crippen LogP contribution in [0.25, 0.3) is 5.70 Å². The Labute approximate surface area is 68.0 Å². The normalized spacial score (nSPS) is 9.36. The number of aromatic nitrogens is 1. The molecule has 1 aromatic heterocycles. The number of nitrogens with zero attached hydrogens (tertiary/aromatic N) is 1. The van der Waals surface area contributed by atoms with Crippen LogP contribution in [0.4, 0.5) is 0 Å². The van der Waals surface area contributed by atoms with E-state index in [1.165, 1.54) is 11.3 Å². The molecule has 0 saturated heterocycles. The lowest BCUT2D eigenvalue weighted by atomic mass is 10.3. The summed E-state index contributed by atoms with van der Waals surface area (Å²) in [7, 11) is 0. The van der Waals surface area contributed by atoms with Crippen molar-refractivity contribution in [1.29, 1.82) is 0 Å². The minimum atomic E-state index is 1.30. The number of allylic oxidation sites excluding steroid dienone is 2. The molecule has 0 bridgehead atoms. The van der Waals surface area contributed by atoms with Gasteiger partial charge in [0.2, 0.25) is 0 Å². The van der Waals surface area contributed by atoms with Gasteiger partial charge in [-0.25, -0.2) is 0 Å². The second-order valence-corrected chi connectivity index (χ2v) is 2.87. The highest BCUT2D eigenvalue weighted by Crippen LogP contribution is 1.99. The van der Waals surface area contributed by atoms with E-state index in [1.54, 1.807) is 0 Å². The van der Waals surface area contributed by atoms with Crippen LogP contribution in [0.15, 0.2) is 36.2 Å². The van der Waals surface area contributed by atoms with Crippen molar-refractivity contribution in [1.82, 2.24) is 0 Å². The van der Waals surface area contributed by atoms with Gasteiger partial charge in [0.05, 0.1) is 0 Å². The first kappa shape index (κ1) is 7.99. The lowest BCUT2D eigenvalue weighted by Gasteiger charge is -1.95. The van der Waals surface area contributed by atoms with Gasteiger partial charge in [-0.2, -0.15) is 4.57 Å². The van der Waals surface area contributed by atoms with Crippen molar-refractivity contribution >= 4 is 5.70 Å². The molecular formula is C10H14N+. The van der Waals surface area contributed by atoms with Crippen molar-refractivity contribution in [2.75, 3.05) is 0 Å². The van der Waals surface area contributed by atoms with Crippen LogP contribution in [0.5, 0.6) is 0 Å². The molecule has 0 fully saturated rings.